The van der Waals surface area contributed by atoms with E-state index >= 15 is 0 Å². The van der Waals surface area contributed by atoms with Gasteiger partial charge < -0.3 is 14.4 Å². The van der Waals surface area contributed by atoms with Gasteiger partial charge in [0, 0.05) is 43.6 Å². The Bertz CT molecular complexity index is 2090. The fraction of sp³-hybridized carbons (Fsp3) is 0.214. The van der Waals surface area contributed by atoms with E-state index < -0.39 is 0 Å². The monoisotopic (exact) mass is 794 g/mol. The maximum absolute atomic E-state index is 6.22. The maximum Gasteiger partial charge on any atom is 0.216 e. The molecule has 0 N–H and O–H groups in total. The van der Waals surface area contributed by atoms with Crippen LogP contribution in [0.4, 0.5) is 0 Å². The predicted molar refractivity (Wildman–Crippen MR) is 189 cm³/mol. The van der Waals surface area contributed by atoms with E-state index in [1.54, 1.807) is 0 Å². The largest absolute Gasteiger partial charge is 0.486 e. The van der Waals surface area contributed by atoms with Crippen LogP contribution in [0.5, 0.6) is 0 Å². The van der Waals surface area contributed by atoms with Crippen molar-refractivity contribution in [3.05, 3.63) is 149 Å². The number of benzene rings is 3. The van der Waals surface area contributed by atoms with E-state index in [1.807, 2.05) is 36.7 Å². The van der Waals surface area contributed by atoms with Crippen LogP contribution >= 0.6 is 0 Å². The Morgan fingerprint density at radius 3 is 2.19 bits per heavy atom. The Morgan fingerprint density at radius 2 is 1.51 bits per heavy atom. The van der Waals surface area contributed by atoms with Crippen molar-refractivity contribution in [3.8, 4) is 22.5 Å². The predicted octanol–water partition coefficient (Wildman–Crippen LogP) is 10.4. The van der Waals surface area contributed by atoms with Crippen molar-refractivity contribution in [1.29, 1.82) is 0 Å². The summed E-state index contributed by atoms with van der Waals surface area (Å²) in [5.74, 6) is 0. The van der Waals surface area contributed by atoms with Gasteiger partial charge in [0.15, 0.2) is 0 Å². The molecule has 1 radical (unpaired) electrons. The molecule has 0 aliphatic rings. The molecule has 239 valence electrons. The molecule has 4 aromatic heterocycles. The Morgan fingerprint density at radius 1 is 0.723 bits per heavy atom. The molecule has 47 heavy (non-hydrogen) atoms. The van der Waals surface area contributed by atoms with Crippen LogP contribution in [0.1, 0.15) is 54.3 Å². The van der Waals surface area contributed by atoms with E-state index in [0.29, 0.717) is 5.71 Å². The first-order valence-electron chi connectivity index (χ1n) is 15.8. The van der Waals surface area contributed by atoms with Gasteiger partial charge in [-0.15, -0.1) is 53.6 Å². The first kappa shape index (κ1) is 33.9. The quantitative estimate of drug-likeness (QED) is 0.163. The maximum atomic E-state index is 6.22. The number of nitrogens with zero attached hydrogens (tertiary/aromatic N) is 3. The Hall–Kier alpha value is -4.44. The molecule has 0 spiro atoms. The molecule has 0 aliphatic carbocycles. The van der Waals surface area contributed by atoms with Gasteiger partial charge in [-0.2, -0.15) is 0 Å². The van der Waals surface area contributed by atoms with Gasteiger partial charge in [0.25, 0.3) is 0 Å². The van der Waals surface area contributed by atoms with Crippen molar-refractivity contribution in [1.82, 2.24) is 15.0 Å². The molecule has 7 aromatic rings. The van der Waals surface area contributed by atoms with Crippen LogP contribution in [0.3, 0.4) is 0 Å². The van der Waals surface area contributed by atoms with E-state index in [-0.39, 0.29) is 25.5 Å². The van der Waals surface area contributed by atoms with Gasteiger partial charge in [-0.05, 0) is 72.3 Å². The summed E-state index contributed by atoms with van der Waals surface area (Å²) in [7, 11) is 0. The molecule has 0 bridgehead atoms. The average molecular weight is 794 g/mol. The first-order chi connectivity index (χ1) is 22.2. The SMILES string of the molecule is Cc1c[c-]c(-c2ccc(C(C)(C)C)cn2)cc1.Cc1cnc(-c2[c-]ccc3c2oc2nc(CCc4ccccc4)ccc23)cc1C.[Ir]. The second-order valence-corrected chi connectivity index (χ2v) is 13.0. The molecular weight excluding hydrogens is 755 g/mol. The number of furan rings is 1. The molecule has 0 amide bonds. The Labute approximate surface area is 291 Å². The van der Waals surface area contributed by atoms with E-state index in [4.69, 9.17) is 9.40 Å². The van der Waals surface area contributed by atoms with Gasteiger partial charge in [0.05, 0.1) is 5.58 Å². The molecule has 4 nitrogen and oxygen atoms in total. The van der Waals surface area contributed by atoms with E-state index in [9.17, 15) is 0 Å². The average Bonchev–Trinajstić information content (AvgIpc) is 3.44. The van der Waals surface area contributed by atoms with E-state index in [1.165, 1.54) is 27.8 Å². The molecule has 5 heteroatoms. The smallest absolute Gasteiger partial charge is 0.216 e. The van der Waals surface area contributed by atoms with Crippen molar-refractivity contribution >= 4 is 22.1 Å². The minimum atomic E-state index is 0. The van der Waals surface area contributed by atoms with Crippen molar-refractivity contribution in [2.24, 2.45) is 0 Å². The summed E-state index contributed by atoms with van der Waals surface area (Å²) < 4.78 is 6.22. The number of pyridine rings is 3. The molecule has 0 aliphatic heterocycles. The molecule has 3 aromatic carbocycles. The Kier molecular flexibility index (Phi) is 10.5. The van der Waals surface area contributed by atoms with Gasteiger partial charge in [0.1, 0.15) is 0 Å². The summed E-state index contributed by atoms with van der Waals surface area (Å²) in [6.07, 6.45) is 5.71. The fourth-order valence-corrected chi connectivity index (χ4v) is 5.33. The van der Waals surface area contributed by atoms with Crippen molar-refractivity contribution < 1.29 is 24.5 Å². The molecule has 0 unspecified atom stereocenters. The third-order valence-electron chi connectivity index (χ3n) is 8.37. The molecule has 4 heterocycles. The van der Waals surface area contributed by atoms with Crippen molar-refractivity contribution in [2.45, 2.75) is 59.8 Å². The number of aryl methyl sites for hydroxylation is 5. The second kappa shape index (κ2) is 14.5. The summed E-state index contributed by atoms with van der Waals surface area (Å²) >= 11 is 0. The molecule has 0 saturated carbocycles. The molecule has 7 rings (SSSR count). The number of hydrogen-bond donors (Lipinski definition) is 0. The van der Waals surface area contributed by atoms with Gasteiger partial charge in [-0.3, -0.25) is 0 Å². The third-order valence-corrected chi connectivity index (χ3v) is 8.37. The zero-order valence-electron chi connectivity index (χ0n) is 27.8. The summed E-state index contributed by atoms with van der Waals surface area (Å²) in [5.41, 5.74) is 12.6. The minimum absolute atomic E-state index is 0. The minimum Gasteiger partial charge on any atom is -0.486 e. The number of hydrogen-bond acceptors (Lipinski definition) is 4. The number of aromatic nitrogens is 3. The van der Waals surface area contributed by atoms with Crippen LogP contribution < -0.4 is 0 Å². The molecule has 0 saturated heterocycles. The van der Waals surface area contributed by atoms with Gasteiger partial charge >= 0.3 is 0 Å². The topological polar surface area (TPSA) is 51.8 Å². The summed E-state index contributed by atoms with van der Waals surface area (Å²) in [5, 5.41) is 2.08. The van der Waals surface area contributed by atoms with E-state index in [2.05, 4.69) is 130 Å². The van der Waals surface area contributed by atoms with Crippen molar-refractivity contribution in [3.63, 3.8) is 0 Å². The second-order valence-electron chi connectivity index (χ2n) is 13.0. The molecular formula is C42H39IrN3O-2. The van der Waals surface area contributed by atoms with E-state index in [0.717, 1.165) is 57.4 Å². The number of rotatable bonds is 5. The standard InChI is InChI=1S/C26H21N2O.C16H18N.Ir/c1-17-15-24(27-16-18(17)2)23-10-6-9-21-22-14-13-20(28-26(22)29-25(21)23)12-11-19-7-4-3-5-8-19;1-12-5-7-13(8-6-12)15-10-9-14(11-17-15)16(2,3)4;/h3-9,13-16H,11-12H2,1-2H3;5-7,9-11H,1-4H3;/q2*-1;. The summed E-state index contributed by atoms with van der Waals surface area (Å²) in [6.45, 7) is 12.8. The van der Waals surface area contributed by atoms with Gasteiger partial charge in [-0.25, -0.2) is 4.98 Å². The third kappa shape index (κ3) is 7.93. The zero-order valence-corrected chi connectivity index (χ0v) is 30.2. The fourth-order valence-electron chi connectivity index (χ4n) is 5.33. The van der Waals surface area contributed by atoms with Crippen LogP contribution in [0.15, 0.2) is 108 Å². The van der Waals surface area contributed by atoms with Crippen molar-refractivity contribution in [2.75, 3.05) is 0 Å². The van der Waals surface area contributed by atoms with Crippen LogP contribution in [0.2, 0.25) is 0 Å². The first-order valence-corrected chi connectivity index (χ1v) is 15.8. The molecule has 0 fully saturated rings. The van der Waals surface area contributed by atoms with Crippen LogP contribution in [-0.4, -0.2) is 15.0 Å². The summed E-state index contributed by atoms with van der Waals surface area (Å²) in [4.78, 5) is 13.9. The van der Waals surface area contributed by atoms with Crippen LogP contribution in [-0.2, 0) is 38.4 Å². The molecule has 0 atom stereocenters. The number of fused-ring (bicyclic) bond motifs is 3. The summed E-state index contributed by atoms with van der Waals surface area (Å²) in [6, 6.07) is 37.7. The van der Waals surface area contributed by atoms with Gasteiger partial charge in [-0.1, -0.05) is 92.7 Å². The normalized spacial score (nSPS) is 11.2. The van der Waals surface area contributed by atoms with Gasteiger partial charge in [0.2, 0.25) is 5.71 Å². The van der Waals surface area contributed by atoms with Crippen LogP contribution in [0, 0.1) is 32.9 Å². The zero-order chi connectivity index (χ0) is 32.3. The Balaban J connectivity index is 0.000000207. The van der Waals surface area contributed by atoms with Crippen LogP contribution in [0.25, 0.3) is 44.6 Å².